The molecular weight excluding hydrogens is 233 g/mol. The second-order valence-corrected chi connectivity index (χ2v) is 5.19. The molecular formula is C14H18FNO2. The number of nitrogens with zero attached hydrogens (tertiary/aromatic N) is 1. The standard InChI is InChI=1S/C14H18FNO2/c1-14(15)7-8-16(13(17)18)12(10-14)9-11-5-3-2-4-6-11/h2-6,12H,7-10H2,1H3,(H,17,18). The van der Waals surface area contributed by atoms with Gasteiger partial charge >= 0.3 is 6.09 Å². The monoisotopic (exact) mass is 251 g/mol. The van der Waals surface area contributed by atoms with Crippen LogP contribution >= 0.6 is 0 Å². The summed E-state index contributed by atoms with van der Waals surface area (Å²) in [5, 5.41) is 9.16. The van der Waals surface area contributed by atoms with E-state index in [0.717, 1.165) is 5.56 Å². The predicted molar refractivity (Wildman–Crippen MR) is 67.4 cm³/mol. The van der Waals surface area contributed by atoms with Crippen molar-refractivity contribution in [2.75, 3.05) is 6.54 Å². The largest absolute Gasteiger partial charge is 0.465 e. The van der Waals surface area contributed by atoms with Crippen molar-refractivity contribution in [2.45, 2.75) is 37.9 Å². The first-order valence-corrected chi connectivity index (χ1v) is 6.20. The molecule has 1 aliphatic heterocycles. The minimum atomic E-state index is -1.26. The minimum absolute atomic E-state index is 0.270. The van der Waals surface area contributed by atoms with Crippen LogP contribution in [-0.4, -0.2) is 34.4 Å². The Morgan fingerprint density at radius 2 is 2.17 bits per heavy atom. The molecule has 0 radical (unpaired) electrons. The van der Waals surface area contributed by atoms with E-state index in [1.807, 2.05) is 30.3 Å². The van der Waals surface area contributed by atoms with Gasteiger partial charge in [0.05, 0.1) is 0 Å². The summed E-state index contributed by atoms with van der Waals surface area (Å²) in [6.07, 6.45) is 0.178. The molecule has 1 N–H and O–H groups in total. The third-order valence-electron chi connectivity index (χ3n) is 3.54. The molecule has 0 saturated carbocycles. The molecule has 1 fully saturated rings. The first kappa shape index (κ1) is 12.9. The van der Waals surface area contributed by atoms with Crippen LogP contribution in [0.25, 0.3) is 0 Å². The molecule has 2 rings (SSSR count). The second-order valence-electron chi connectivity index (χ2n) is 5.19. The zero-order valence-electron chi connectivity index (χ0n) is 10.5. The highest BCUT2D eigenvalue weighted by atomic mass is 19.1. The molecule has 4 heteroatoms. The van der Waals surface area contributed by atoms with Gasteiger partial charge in [-0.25, -0.2) is 9.18 Å². The van der Waals surface area contributed by atoms with E-state index in [1.165, 1.54) is 4.90 Å². The summed E-state index contributed by atoms with van der Waals surface area (Å²) in [6, 6.07) is 9.37. The molecule has 1 aromatic rings. The van der Waals surface area contributed by atoms with Crippen LogP contribution in [0.1, 0.15) is 25.3 Å². The first-order chi connectivity index (χ1) is 8.48. The highest BCUT2D eigenvalue weighted by Gasteiger charge is 2.38. The van der Waals surface area contributed by atoms with E-state index in [4.69, 9.17) is 5.11 Å². The average Bonchev–Trinajstić information content (AvgIpc) is 2.28. The summed E-state index contributed by atoms with van der Waals surface area (Å²) >= 11 is 0. The lowest BCUT2D eigenvalue weighted by Gasteiger charge is -2.39. The van der Waals surface area contributed by atoms with Gasteiger partial charge in [0.1, 0.15) is 5.67 Å². The van der Waals surface area contributed by atoms with E-state index in [9.17, 15) is 9.18 Å². The van der Waals surface area contributed by atoms with Gasteiger partial charge < -0.3 is 10.0 Å². The minimum Gasteiger partial charge on any atom is -0.465 e. The summed E-state index contributed by atoms with van der Waals surface area (Å²) in [5.74, 6) is 0. The molecule has 98 valence electrons. The Labute approximate surface area is 106 Å². The normalized spacial score (nSPS) is 28.1. The number of alkyl halides is 1. The lowest BCUT2D eigenvalue weighted by atomic mass is 9.87. The van der Waals surface area contributed by atoms with Gasteiger partial charge in [-0.05, 0) is 25.3 Å². The van der Waals surface area contributed by atoms with Gasteiger partial charge in [-0.15, -0.1) is 0 Å². The van der Waals surface area contributed by atoms with Crippen molar-refractivity contribution in [3.05, 3.63) is 35.9 Å². The van der Waals surface area contributed by atoms with Gasteiger partial charge in [-0.3, -0.25) is 0 Å². The first-order valence-electron chi connectivity index (χ1n) is 6.20. The molecule has 1 aliphatic rings. The summed E-state index contributed by atoms with van der Waals surface area (Å²) < 4.78 is 14.0. The van der Waals surface area contributed by atoms with Crippen LogP contribution in [0, 0.1) is 0 Å². The Balaban J connectivity index is 2.13. The number of hydrogen-bond donors (Lipinski definition) is 1. The number of carbonyl (C=O) groups is 1. The van der Waals surface area contributed by atoms with Crippen molar-refractivity contribution < 1.29 is 14.3 Å². The highest BCUT2D eigenvalue weighted by Crippen LogP contribution is 2.31. The van der Waals surface area contributed by atoms with Crippen molar-refractivity contribution in [3.8, 4) is 0 Å². The number of halogens is 1. The lowest BCUT2D eigenvalue weighted by Crippen LogP contribution is -2.50. The van der Waals surface area contributed by atoms with Crippen molar-refractivity contribution in [3.63, 3.8) is 0 Å². The maximum absolute atomic E-state index is 14.0. The Morgan fingerprint density at radius 1 is 1.50 bits per heavy atom. The van der Waals surface area contributed by atoms with Crippen molar-refractivity contribution in [2.24, 2.45) is 0 Å². The van der Waals surface area contributed by atoms with Crippen LogP contribution in [-0.2, 0) is 6.42 Å². The molecule has 18 heavy (non-hydrogen) atoms. The van der Waals surface area contributed by atoms with Gasteiger partial charge in [-0.2, -0.15) is 0 Å². The SMILES string of the molecule is CC1(F)CCN(C(=O)O)C(Cc2ccccc2)C1. The van der Waals surface area contributed by atoms with Crippen LogP contribution in [0.3, 0.4) is 0 Å². The number of hydrogen-bond acceptors (Lipinski definition) is 1. The van der Waals surface area contributed by atoms with Crippen LogP contribution in [0.4, 0.5) is 9.18 Å². The summed E-state index contributed by atoms with van der Waals surface area (Å²) in [4.78, 5) is 12.5. The molecule has 1 amide bonds. The number of likely N-dealkylation sites (tertiary alicyclic amines) is 1. The van der Waals surface area contributed by atoms with Crippen LogP contribution in [0.2, 0.25) is 0 Å². The zero-order valence-corrected chi connectivity index (χ0v) is 10.5. The molecule has 0 bridgehead atoms. The van der Waals surface area contributed by atoms with Gasteiger partial charge in [0.25, 0.3) is 0 Å². The van der Waals surface area contributed by atoms with Crippen LogP contribution < -0.4 is 0 Å². The third-order valence-corrected chi connectivity index (χ3v) is 3.54. The molecule has 1 saturated heterocycles. The summed E-state index contributed by atoms with van der Waals surface area (Å²) in [7, 11) is 0. The van der Waals surface area contributed by atoms with E-state index in [2.05, 4.69) is 0 Å². The van der Waals surface area contributed by atoms with Gasteiger partial charge in [0, 0.05) is 19.0 Å². The zero-order chi connectivity index (χ0) is 13.2. The predicted octanol–water partition coefficient (Wildman–Crippen LogP) is 3.10. The molecule has 3 nitrogen and oxygen atoms in total. The van der Waals surface area contributed by atoms with Crippen LogP contribution in [0.15, 0.2) is 30.3 Å². The fourth-order valence-corrected chi connectivity index (χ4v) is 2.56. The second kappa shape index (κ2) is 4.96. The van der Waals surface area contributed by atoms with Gasteiger partial charge in [0.15, 0.2) is 0 Å². The molecule has 1 aromatic carbocycles. The fraction of sp³-hybridized carbons (Fsp3) is 0.500. The number of carboxylic acid groups (broad SMARTS) is 1. The van der Waals surface area contributed by atoms with Crippen molar-refractivity contribution in [1.82, 2.24) is 4.90 Å². The van der Waals surface area contributed by atoms with Gasteiger partial charge in [-0.1, -0.05) is 30.3 Å². The molecule has 0 aromatic heterocycles. The number of rotatable bonds is 2. The molecule has 1 heterocycles. The maximum atomic E-state index is 14.0. The van der Waals surface area contributed by atoms with E-state index in [0.29, 0.717) is 6.42 Å². The quantitative estimate of drug-likeness (QED) is 0.877. The molecule has 0 aliphatic carbocycles. The van der Waals surface area contributed by atoms with Crippen molar-refractivity contribution in [1.29, 1.82) is 0 Å². The fourth-order valence-electron chi connectivity index (χ4n) is 2.56. The smallest absolute Gasteiger partial charge is 0.407 e. The van der Waals surface area contributed by atoms with Crippen LogP contribution in [0.5, 0.6) is 0 Å². The average molecular weight is 251 g/mol. The van der Waals surface area contributed by atoms with E-state index >= 15 is 0 Å². The molecule has 2 atom stereocenters. The maximum Gasteiger partial charge on any atom is 0.407 e. The van der Waals surface area contributed by atoms with E-state index in [1.54, 1.807) is 6.92 Å². The van der Waals surface area contributed by atoms with Gasteiger partial charge in [0.2, 0.25) is 0 Å². The number of piperidine rings is 1. The molecule has 2 unspecified atom stereocenters. The summed E-state index contributed by atoms with van der Waals surface area (Å²) in [5.41, 5.74) is -0.211. The lowest BCUT2D eigenvalue weighted by molar-refractivity contribution is 0.0335. The summed E-state index contributed by atoms with van der Waals surface area (Å²) in [6.45, 7) is 1.84. The Morgan fingerprint density at radius 3 is 2.78 bits per heavy atom. The third kappa shape index (κ3) is 3.00. The Kier molecular flexibility index (Phi) is 3.55. The topological polar surface area (TPSA) is 40.5 Å². The molecule has 0 spiro atoms. The van der Waals surface area contributed by atoms with Crippen molar-refractivity contribution >= 4 is 6.09 Å². The Hall–Kier alpha value is -1.58. The highest BCUT2D eigenvalue weighted by molar-refractivity contribution is 5.65. The van der Waals surface area contributed by atoms with E-state index < -0.39 is 11.8 Å². The number of benzene rings is 1. The Bertz CT molecular complexity index is 419. The van der Waals surface area contributed by atoms with E-state index in [-0.39, 0.29) is 25.4 Å². The number of amides is 1.